The largest absolute Gasteiger partial charge is 0.481 e. The fourth-order valence-corrected chi connectivity index (χ4v) is 13.0. The maximum absolute atomic E-state index is 13.8. The lowest BCUT2D eigenvalue weighted by Crippen LogP contribution is -2.55. The number of rotatable bonds is 12. The summed E-state index contributed by atoms with van der Waals surface area (Å²) in [5.41, 5.74) is 2.72. The summed E-state index contributed by atoms with van der Waals surface area (Å²) in [6.45, 7) is 17.1. The second-order valence-electron chi connectivity index (χ2n) is 18.8. The first-order valence-corrected chi connectivity index (χ1v) is 19.6. The van der Waals surface area contributed by atoms with Crippen LogP contribution >= 0.6 is 0 Å². The van der Waals surface area contributed by atoms with E-state index in [1.165, 1.54) is 44.1 Å². The van der Waals surface area contributed by atoms with Gasteiger partial charge in [-0.25, -0.2) is 0 Å². The van der Waals surface area contributed by atoms with E-state index >= 15 is 0 Å². The van der Waals surface area contributed by atoms with E-state index in [1.807, 2.05) is 20.8 Å². The zero-order valence-electron chi connectivity index (χ0n) is 30.9. The molecule has 0 aromatic carbocycles. The first kappa shape index (κ1) is 35.8. The Morgan fingerprint density at radius 3 is 2.38 bits per heavy atom. The average molecular weight is 665 g/mol. The maximum Gasteiger partial charge on any atom is 0.306 e. The van der Waals surface area contributed by atoms with Crippen molar-refractivity contribution in [3.05, 3.63) is 11.1 Å². The van der Waals surface area contributed by atoms with Crippen LogP contribution in [-0.2, 0) is 19.2 Å². The Kier molecular flexibility index (Phi) is 9.89. The van der Waals surface area contributed by atoms with Crippen LogP contribution in [0.2, 0.25) is 0 Å². The number of carbonyl (C=O) groups is 4. The smallest absolute Gasteiger partial charge is 0.306 e. The minimum absolute atomic E-state index is 0.0114. The van der Waals surface area contributed by atoms with Gasteiger partial charge in [-0.15, -0.1) is 0 Å². The van der Waals surface area contributed by atoms with Crippen LogP contribution in [0.5, 0.6) is 0 Å². The van der Waals surface area contributed by atoms with Crippen molar-refractivity contribution >= 4 is 23.9 Å². The van der Waals surface area contributed by atoms with Crippen LogP contribution < -0.4 is 10.6 Å². The second kappa shape index (κ2) is 13.3. The molecule has 12 atom stereocenters. The van der Waals surface area contributed by atoms with E-state index in [9.17, 15) is 24.3 Å². The van der Waals surface area contributed by atoms with Crippen molar-refractivity contribution in [2.24, 2.45) is 75.9 Å². The van der Waals surface area contributed by atoms with Crippen molar-refractivity contribution < 1.29 is 24.3 Å². The van der Waals surface area contributed by atoms with Crippen LogP contribution in [0.15, 0.2) is 11.1 Å². The zero-order chi connectivity index (χ0) is 34.8. The van der Waals surface area contributed by atoms with Crippen molar-refractivity contribution in [3.8, 4) is 0 Å². The van der Waals surface area contributed by atoms with Crippen molar-refractivity contribution in [3.63, 3.8) is 0 Å². The Bertz CT molecular complexity index is 1320. The summed E-state index contributed by atoms with van der Waals surface area (Å²) in [4.78, 5) is 49.7. The van der Waals surface area contributed by atoms with Crippen LogP contribution in [0.1, 0.15) is 126 Å². The minimum Gasteiger partial charge on any atom is -0.481 e. The van der Waals surface area contributed by atoms with E-state index in [0.29, 0.717) is 72.4 Å². The fourth-order valence-electron chi connectivity index (χ4n) is 13.0. The van der Waals surface area contributed by atoms with Gasteiger partial charge < -0.3 is 15.7 Å². The molecule has 6 aliphatic rings. The predicted molar refractivity (Wildman–Crippen MR) is 188 cm³/mol. The number of fused-ring (bicyclic) bond motifs is 7. The SMILES string of the molecule is CC(C)C1=C2C3CCC4C(CCC5C(C)C(CC(=O)C6CC(C(=O)O)C6C)CCC54C)C3CCC2(CCNCC(C)(C)NC=O)CC1=O. The molecule has 0 aromatic heterocycles. The van der Waals surface area contributed by atoms with Gasteiger partial charge in [0.05, 0.1) is 5.92 Å². The fraction of sp³-hybridized carbons (Fsp3) is 0.854. The number of carbonyl (C=O) groups excluding carboxylic acids is 3. The van der Waals surface area contributed by atoms with E-state index in [2.05, 4.69) is 38.3 Å². The third kappa shape index (κ3) is 6.04. The van der Waals surface area contributed by atoms with Gasteiger partial charge >= 0.3 is 5.97 Å². The number of amides is 1. The molecule has 5 saturated carbocycles. The molecule has 268 valence electrons. The molecule has 0 spiro atoms. The Hall–Kier alpha value is -2.02. The van der Waals surface area contributed by atoms with Crippen molar-refractivity contribution in [1.82, 2.24) is 10.6 Å². The number of carboxylic acid groups (broad SMARTS) is 1. The molecule has 6 rings (SSSR count). The lowest BCUT2D eigenvalue weighted by Gasteiger charge is -2.63. The lowest BCUT2D eigenvalue weighted by molar-refractivity contribution is -0.154. The van der Waals surface area contributed by atoms with Gasteiger partial charge in [-0.1, -0.05) is 40.2 Å². The molecular formula is C41H64N2O5. The quantitative estimate of drug-likeness (QED) is 0.150. The summed E-state index contributed by atoms with van der Waals surface area (Å²) in [5, 5.41) is 16.0. The van der Waals surface area contributed by atoms with Crippen LogP contribution in [0, 0.1) is 75.9 Å². The first-order chi connectivity index (χ1) is 22.6. The highest BCUT2D eigenvalue weighted by Gasteiger charge is 2.61. The number of ketones is 2. The molecule has 6 aliphatic carbocycles. The third-order valence-corrected chi connectivity index (χ3v) is 15.6. The number of nitrogens with one attached hydrogen (secondary N) is 2. The number of allylic oxidation sites excluding steroid dienone is 2. The number of hydrogen-bond acceptors (Lipinski definition) is 5. The molecule has 0 heterocycles. The molecule has 0 radical (unpaired) electrons. The van der Waals surface area contributed by atoms with Crippen LogP contribution in [0.4, 0.5) is 0 Å². The molecule has 7 nitrogen and oxygen atoms in total. The van der Waals surface area contributed by atoms with Gasteiger partial charge in [0, 0.05) is 36.3 Å². The lowest BCUT2D eigenvalue weighted by atomic mass is 9.42. The Labute approximate surface area is 289 Å². The molecule has 48 heavy (non-hydrogen) atoms. The summed E-state index contributed by atoms with van der Waals surface area (Å²) in [7, 11) is 0. The number of aliphatic carboxylic acids is 1. The third-order valence-electron chi connectivity index (χ3n) is 15.6. The molecular weight excluding hydrogens is 600 g/mol. The molecule has 0 aromatic rings. The summed E-state index contributed by atoms with van der Waals surface area (Å²) < 4.78 is 0. The van der Waals surface area contributed by atoms with Crippen LogP contribution in [0.25, 0.3) is 0 Å². The highest BCUT2D eigenvalue weighted by Crippen LogP contribution is 2.68. The molecule has 1 amide bonds. The summed E-state index contributed by atoms with van der Waals surface area (Å²) in [6.07, 6.45) is 13.3. The van der Waals surface area contributed by atoms with Crippen LogP contribution in [-0.4, -0.2) is 47.7 Å². The molecule has 3 N–H and O–H groups in total. The zero-order valence-corrected chi connectivity index (χ0v) is 30.9. The number of hydrogen-bond donors (Lipinski definition) is 3. The second-order valence-corrected chi connectivity index (χ2v) is 18.8. The van der Waals surface area contributed by atoms with E-state index in [-0.39, 0.29) is 34.6 Å². The van der Waals surface area contributed by atoms with Gasteiger partial charge in [-0.3, -0.25) is 19.2 Å². The van der Waals surface area contributed by atoms with E-state index in [0.717, 1.165) is 44.1 Å². The normalized spacial score (nSPS) is 42.3. The van der Waals surface area contributed by atoms with Gasteiger partial charge in [-0.2, -0.15) is 0 Å². The van der Waals surface area contributed by atoms with Crippen molar-refractivity contribution in [2.45, 2.75) is 131 Å². The number of Topliss-reactive ketones (excluding diaryl/α,β-unsaturated/α-hetero) is 2. The van der Waals surface area contributed by atoms with Crippen molar-refractivity contribution in [1.29, 1.82) is 0 Å². The highest BCUT2D eigenvalue weighted by molar-refractivity contribution is 6.00. The predicted octanol–water partition coefficient (Wildman–Crippen LogP) is 7.23. The summed E-state index contributed by atoms with van der Waals surface area (Å²) >= 11 is 0. The van der Waals surface area contributed by atoms with E-state index < -0.39 is 5.97 Å². The van der Waals surface area contributed by atoms with Gasteiger partial charge in [0.25, 0.3) is 0 Å². The monoisotopic (exact) mass is 664 g/mol. The summed E-state index contributed by atoms with van der Waals surface area (Å²) in [6, 6.07) is 0. The molecule has 0 aliphatic heterocycles. The topological polar surface area (TPSA) is 113 Å². The number of carboxylic acids is 1. The molecule has 12 unspecified atom stereocenters. The molecule has 7 heteroatoms. The minimum atomic E-state index is -0.749. The van der Waals surface area contributed by atoms with E-state index in [1.54, 1.807) is 5.57 Å². The Morgan fingerprint density at radius 2 is 1.71 bits per heavy atom. The standard InChI is InChI=1S/C41H64N2O5/c1-23(2)36-35(46)20-41(16-17-42-21-39(5,6)43-22-44)15-13-27-28-8-10-32-24(3)26(18-34(45)30-19-31(25(30)4)38(47)48)12-14-40(32,7)33(28)11-9-29(27)37(36)41/h22-33,42H,8-21H2,1-7H3,(H,43,44)(H,47,48). The summed E-state index contributed by atoms with van der Waals surface area (Å²) in [5.74, 6) is 4.03. The van der Waals surface area contributed by atoms with Gasteiger partial charge in [0.1, 0.15) is 5.78 Å². The average Bonchev–Trinajstić information content (AvgIpc) is 3.32. The first-order valence-electron chi connectivity index (χ1n) is 19.6. The van der Waals surface area contributed by atoms with Gasteiger partial charge in [0.2, 0.25) is 6.41 Å². The van der Waals surface area contributed by atoms with Gasteiger partial charge in [0.15, 0.2) is 5.78 Å². The molecule has 0 bridgehead atoms. The van der Waals surface area contributed by atoms with Crippen LogP contribution in [0.3, 0.4) is 0 Å². The van der Waals surface area contributed by atoms with Crippen molar-refractivity contribution in [2.75, 3.05) is 13.1 Å². The van der Waals surface area contributed by atoms with E-state index in [4.69, 9.17) is 0 Å². The molecule has 5 fully saturated rings. The Morgan fingerprint density at radius 1 is 0.979 bits per heavy atom. The van der Waals surface area contributed by atoms with Gasteiger partial charge in [-0.05, 0) is 149 Å². The maximum atomic E-state index is 13.8. The Balaban J connectivity index is 1.15. The molecule has 0 saturated heterocycles. The highest BCUT2D eigenvalue weighted by atomic mass is 16.4.